The van der Waals surface area contributed by atoms with Crippen molar-refractivity contribution in [1.29, 1.82) is 5.26 Å². The van der Waals surface area contributed by atoms with Crippen molar-refractivity contribution in [2.75, 3.05) is 18.5 Å². The Labute approximate surface area is 90.8 Å². The van der Waals surface area contributed by atoms with Gasteiger partial charge in [-0.15, -0.1) is 0 Å². The number of halogens is 2. The van der Waals surface area contributed by atoms with Crippen LogP contribution in [0.2, 0.25) is 0 Å². The van der Waals surface area contributed by atoms with E-state index in [0.29, 0.717) is 0 Å². The second-order valence-electron chi connectivity index (χ2n) is 3.14. The number of anilines is 1. The Bertz CT molecular complexity index is 395. The number of nitriles is 1. The van der Waals surface area contributed by atoms with Gasteiger partial charge < -0.3 is 15.5 Å². The van der Waals surface area contributed by atoms with E-state index in [2.05, 4.69) is 5.32 Å². The largest absolute Gasteiger partial charge is 0.394 e. The van der Waals surface area contributed by atoms with Gasteiger partial charge in [-0.2, -0.15) is 5.26 Å². The topological polar surface area (TPSA) is 76.3 Å². The predicted molar refractivity (Wildman–Crippen MR) is 52.7 cm³/mol. The first-order chi connectivity index (χ1) is 7.58. The third kappa shape index (κ3) is 2.89. The van der Waals surface area contributed by atoms with E-state index in [0.717, 1.165) is 12.1 Å². The molecule has 3 N–H and O–H groups in total. The fraction of sp³-hybridized carbons (Fsp3) is 0.300. The number of rotatable bonds is 4. The van der Waals surface area contributed by atoms with Crippen LogP contribution in [0, 0.1) is 23.0 Å². The molecule has 1 unspecified atom stereocenters. The van der Waals surface area contributed by atoms with E-state index < -0.39 is 29.9 Å². The standard InChI is InChI=1S/C10H10F2N2O2/c11-9-1-6(14-4-7(16)5-15)2-10(12)8(9)3-13/h1-2,7,14-16H,4-5H2. The van der Waals surface area contributed by atoms with Gasteiger partial charge in [-0.25, -0.2) is 8.78 Å². The van der Waals surface area contributed by atoms with E-state index in [4.69, 9.17) is 15.5 Å². The molecule has 16 heavy (non-hydrogen) atoms. The normalized spacial score (nSPS) is 11.9. The molecule has 0 aliphatic carbocycles. The van der Waals surface area contributed by atoms with E-state index in [-0.39, 0.29) is 12.2 Å². The molecule has 1 rings (SSSR count). The molecular formula is C10H10F2N2O2. The second kappa shape index (κ2) is 5.39. The van der Waals surface area contributed by atoms with Gasteiger partial charge in [-0.1, -0.05) is 0 Å². The summed E-state index contributed by atoms with van der Waals surface area (Å²) in [5.74, 6) is -1.94. The lowest BCUT2D eigenvalue weighted by molar-refractivity contribution is 0.105. The van der Waals surface area contributed by atoms with Gasteiger partial charge in [0.25, 0.3) is 0 Å². The summed E-state index contributed by atoms with van der Waals surface area (Å²) >= 11 is 0. The van der Waals surface area contributed by atoms with E-state index in [1.807, 2.05) is 0 Å². The first-order valence-electron chi connectivity index (χ1n) is 4.50. The van der Waals surface area contributed by atoms with Gasteiger partial charge >= 0.3 is 0 Å². The van der Waals surface area contributed by atoms with E-state index in [1.165, 1.54) is 6.07 Å². The lowest BCUT2D eigenvalue weighted by atomic mass is 10.2. The minimum atomic E-state index is -1.01. The van der Waals surface area contributed by atoms with Gasteiger partial charge in [0.2, 0.25) is 0 Å². The van der Waals surface area contributed by atoms with Gasteiger partial charge in [0, 0.05) is 12.2 Å². The average Bonchev–Trinajstić information content (AvgIpc) is 2.25. The highest BCUT2D eigenvalue weighted by Gasteiger charge is 2.11. The molecule has 0 saturated carbocycles. The molecule has 0 aliphatic heterocycles. The smallest absolute Gasteiger partial charge is 0.146 e. The minimum Gasteiger partial charge on any atom is -0.394 e. The molecule has 0 radical (unpaired) electrons. The molecule has 0 aliphatic rings. The third-order valence-corrected chi connectivity index (χ3v) is 1.91. The summed E-state index contributed by atoms with van der Waals surface area (Å²) in [7, 11) is 0. The molecule has 6 heteroatoms. The number of nitrogens with one attached hydrogen (secondary N) is 1. The quantitative estimate of drug-likeness (QED) is 0.705. The Morgan fingerprint density at radius 1 is 1.38 bits per heavy atom. The van der Waals surface area contributed by atoms with Crippen molar-refractivity contribution in [3.63, 3.8) is 0 Å². The number of benzene rings is 1. The minimum absolute atomic E-state index is 0.0404. The average molecular weight is 228 g/mol. The van der Waals surface area contributed by atoms with Crippen molar-refractivity contribution in [1.82, 2.24) is 0 Å². The Kier molecular flexibility index (Phi) is 4.17. The predicted octanol–water partition coefficient (Wildman–Crippen LogP) is 0.602. The molecule has 1 aromatic carbocycles. The van der Waals surface area contributed by atoms with Gasteiger partial charge in [0.15, 0.2) is 0 Å². The van der Waals surface area contributed by atoms with Crippen LogP contribution in [0.15, 0.2) is 12.1 Å². The van der Waals surface area contributed by atoms with Crippen molar-refractivity contribution in [3.8, 4) is 6.07 Å². The fourth-order valence-electron chi connectivity index (χ4n) is 1.08. The van der Waals surface area contributed by atoms with Crippen LogP contribution < -0.4 is 5.32 Å². The number of aliphatic hydroxyl groups is 2. The summed E-state index contributed by atoms with van der Waals surface area (Å²) < 4.78 is 26.2. The summed E-state index contributed by atoms with van der Waals surface area (Å²) in [4.78, 5) is 0. The molecule has 0 aromatic heterocycles. The maximum atomic E-state index is 13.1. The highest BCUT2D eigenvalue weighted by Crippen LogP contribution is 2.17. The highest BCUT2D eigenvalue weighted by atomic mass is 19.1. The molecule has 0 spiro atoms. The molecular weight excluding hydrogens is 218 g/mol. The fourth-order valence-corrected chi connectivity index (χ4v) is 1.08. The Balaban J connectivity index is 2.81. The first-order valence-corrected chi connectivity index (χ1v) is 4.50. The zero-order chi connectivity index (χ0) is 12.1. The van der Waals surface area contributed by atoms with Crippen molar-refractivity contribution in [2.45, 2.75) is 6.10 Å². The van der Waals surface area contributed by atoms with E-state index in [9.17, 15) is 8.78 Å². The van der Waals surface area contributed by atoms with Crippen LogP contribution in [0.3, 0.4) is 0 Å². The zero-order valence-electron chi connectivity index (χ0n) is 8.24. The number of aliphatic hydroxyl groups excluding tert-OH is 2. The number of hydrogen-bond donors (Lipinski definition) is 3. The van der Waals surface area contributed by atoms with Crippen molar-refractivity contribution < 1.29 is 19.0 Å². The molecule has 0 bridgehead atoms. The lowest BCUT2D eigenvalue weighted by Crippen LogP contribution is -2.23. The number of hydrogen-bond acceptors (Lipinski definition) is 4. The SMILES string of the molecule is N#Cc1c(F)cc(NCC(O)CO)cc1F. The lowest BCUT2D eigenvalue weighted by Gasteiger charge is -2.10. The van der Waals surface area contributed by atoms with Crippen LogP contribution >= 0.6 is 0 Å². The number of nitrogens with zero attached hydrogens (tertiary/aromatic N) is 1. The van der Waals surface area contributed by atoms with Gasteiger partial charge in [0.05, 0.1) is 12.7 Å². The van der Waals surface area contributed by atoms with Crippen molar-refractivity contribution in [2.24, 2.45) is 0 Å². The third-order valence-electron chi connectivity index (χ3n) is 1.91. The van der Waals surface area contributed by atoms with Crippen LogP contribution in [0.5, 0.6) is 0 Å². The van der Waals surface area contributed by atoms with E-state index in [1.54, 1.807) is 0 Å². The molecule has 0 amide bonds. The molecule has 1 atom stereocenters. The van der Waals surface area contributed by atoms with E-state index >= 15 is 0 Å². The monoisotopic (exact) mass is 228 g/mol. The maximum absolute atomic E-state index is 13.1. The zero-order valence-corrected chi connectivity index (χ0v) is 8.24. The summed E-state index contributed by atoms with van der Waals surface area (Å²) in [5.41, 5.74) is -0.547. The Morgan fingerprint density at radius 3 is 2.38 bits per heavy atom. The summed E-state index contributed by atoms with van der Waals surface area (Å²) in [6.07, 6.45) is -1.01. The van der Waals surface area contributed by atoms with Gasteiger partial charge in [-0.05, 0) is 12.1 Å². The summed E-state index contributed by atoms with van der Waals surface area (Å²) in [6, 6.07) is 3.30. The Hall–Kier alpha value is -1.71. The molecule has 1 aromatic rings. The van der Waals surface area contributed by atoms with Crippen LogP contribution in [0.4, 0.5) is 14.5 Å². The second-order valence-corrected chi connectivity index (χ2v) is 3.14. The van der Waals surface area contributed by atoms with Crippen LogP contribution in [0.1, 0.15) is 5.56 Å². The molecule has 86 valence electrons. The van der Waals surface area contributed by atoms with Crippen molar-refractivity contribution in [3.05, 3.63) is 29.3 Å². The van der Waals surface area contributed by atoms with Gasteiger partial charge in [-0.3, -0.25) is 0 Å². The van der Waals surface area contributed by atoms with Crippen LogP contribution in [-0.4, -0.2) is 29.5 Å². The maximum Gasteiger partial charge on any atom is 0.146 e. The molecule has 0 fully saturated rings. The summed E-state index contributed by atoms with van der Waals surface area (Å²) in [5, 5.41) is 28.5. The molecule has 0 saturated heterocycles. The molecule has 4 nitrogen and oxygen atoms in total. The van der Waals surface area contributed by atoms with Crippen LogP contribution in [-0.2, 0) is 0 Å². The highest BCUT2D eigenvalue weighted by molar-refractivity contribution is 5.49. The molecule has 0 heterocycles. The Morgan fingerprint density at radius 2 is 1.94 bits per heavy atom. The van der Waals surface area contributed by atoms with Crippen molar-refractivity contribution >= 4 is 5.69 Å². The summed E-state index contributed by atoms with van der Waals surface area (Å²) in [6.45, 7) is -0.491. The first kappa shape index (κ1) is 12.4. The van der Waals surface area contributed by atoms with Crippen LogP contribution in [0.25, 0.3) is 0 Å². The van der Waals surface area contributed by atoms with Gasteiger partial charge in [0.1, 0.15) is 23.3 Å².